The Morgan fingerprint density at radius 1 is 0.792 bits per heavy atom. The van der Waals surface area contributed by atoms with Crippen LogP contribution in [0.2, 0.25) is 0 Å². The lowest BCUT2D eigenvalue weighted by Crippen LogP contribution is -2.25. The largest absolute Gasteiger partial charge is 0.284 e. The molecule has 0 spiro atoms. The summed E-state index contributed by atoms with van der Waals surface area (Å²) in [6.07, 6.45) is 3.77. The predicted octanol–water partition coefficient (Wildman–Crippen LogP) is 5.31. The first-order valence-electron chi connectivity index (χ1n) is 7.92. The smallest absolute Gasteiger partial charge is 0.262 e. The highest BCUT2D eigenvalue weighted by molar-refractivity contribution is 6.07. The minimum absolute atomic E-state index is 0.0494. The molecule has 0 aromatic heterocycles. The molecule has 3 rings (SSSR count). The van der Waals surface area contributed by atoms with Crippen molar-refractivity contribution in [3.63, 3.8) is 0 Å². The monoisotopic (exact) mass is 313 g/mol. The van der Waals surface area contributed by atoms with E-state index in [1.54, 1.807) is 4.90 Å². The first-order chi connectivity index (χ1) is 11.7. The molecule has 0 radical (unpaired) electrons. The maximum absolute atomic E-state index is 12.9. The number of rotatable bonds is 4. The normalized spacial score (nSPS) is 10.7. The molecule has 3 aromatic carbocycles. The summed E-state index contributed by atoms with van der Waals surface area (Å²) in [4.78, 5) is 14.6. The summed E-state index contributed by atoms with van der Waals surface area (Å²) in [5.41, 5.74) is 3.73. The van der Waals surface area contributed by atoms with Gasteiger partial charge >= 0.3 is 0 Å². The van der Waals surface area contributed by atoms with Crippen molar-refractivity contribution in [2.75, 3.05) is 4.90 Å². The molecule has 24 heavy (non-hydrogen) atoms. The second-order valence-corrected chi connectivity index (χ2v) is 5.60. The first-order valence-corrected chi connectivity index (χ1v) is 7.92. The standard InChI is InChI=1S/C22H19NO/c1-18-12-14-21(15-13-18)23(17-16-19-8-4-2-5-9-19)22(24)20-10-6-3-7-11-20/h2-17H,1H3. The van der Waals surface area contributed by atoms with Crippen molar-refractivity contribution in [1.82, 2.24) is 0 Å². The molecule has 0 bridgehead atoms. The van der Waals surface area contributed by atoms with Crippen LogP contribution in [0.3, 0.4) is 0 Å². The van der Waals surface area contributed by atoms with E-state index in [9.17, 15) is 4.79 Å². The van der Waals surface area contributed by atoms with Crippen LogP contribution in [0.25, 0.3) is 6.08 Å². The van der Waals surface area contributed by atoms with Gasteiger partial charge in [0, 0.05) is 17.5 Å². The summed E-state index contributed by atoms with van der Waals surface area (Å²) in [5, 5.41) is 0. The number of anilines is 1. The molecular formula is C22H19NO. The van der Waals surface area contributed by atoms with E-state index in [0.29, 0.717) is 5.56 Å². The number of amides is 1. The number of nitrogens with zero attached hydrogens (tertiary/aromatic N) is 1. The van der Waals surface area contributed by atoms with Gasteiger partial charge < -0.3 is 0 Å². The highest BCUT2D eigenvalue weighted by atomic mass is 16.2. The zero-order valence-corrected chi connectivity index (χ0v) is 13.6. The molecule has 0 N–H and O–H groups in total. The second-order valence-electron chi connectivity index (χ2n) is 5.60. The molecule has 0 aliphatic heterocycles. The topological polar surface area (TPSA) is 20.3 Å². The third-order valence-electron chi connectivity index (χ3n) is 3.77. The Kier molecular flexibility index (Phi) is 4.87. The molecule has 0 atom stereocenters. The van der Waals surface area contributed by atoms with Gasteiger partial charge in [0.15, 0.2) is 0 Å². The number of hydrogen-bond donors (Lipinski definition) is 0. The Hall–Kier alpha value is -3.13. The van der Waals surface area contributed by atoms with Gasteiger partial charge in [-0.3, -0.25) is 9.69 Å². The molecular weight excluding hydrogens is 294 g/mol. The van der Waals surface area contributed by atoms with E-state index < -0.39 is 0 Å². The maximum atomic E-state index is 12.9. The van der Waals surface area contributed by atoms with E-state index in [1.807, 2.05) is 104 Å². The van der Waals surface area contributed by atoms with Crippen molar-refractivity contribution in [3.05, 3.63) is 108 Å². The fraction of sp³-hybridized carbons (Fsp3) is 0.0455. The van der Waals surface area contributed by atoms with Crippen LogP contribution in [-0.2, 0) is 0 Å². The third-order valence-corrected chi connectivity index (χ3v) is 3.77. The Labute approximate surface area is 142 Å². The van der Waals surface area contributed by atoms with E-state index in [2.05, 4.69) is 0 Å². The molecule has 0 unspecified atom stereocenters. The van der Waals surface area contributed by atoms with E-state index in [-0.39, 0.29) is 5.91 Å². The number of benzene rings is 3. The van der Waals surface area contributed by atoms with Crippen molar-refractivity contribution in [3.8, 4) is 0 Å². The van der Waals surface area contributed by atoms with Crippen LogP contribution in [0.4, 0.5) is 5.69 Å². The van der Waals surface area contributed by atoms with Gasteiger partial charge in [0.25, 0.3) is 5.91 Å². The van der Waals surface area contributed by atoms with Crippen LogP contribution in [0, 0.1) is 6.92 Å². The molecule has 0 saturated heterocycles. The van der Waals surface area contributed by atoms with Crippen LogP contribution in [0.15, 0.2) is 91.1 Å². The van der Waals surface area contributed by atoms with Gasteiger partial charge in [-0.15, -0.1) is 0 Å². The fourth-order valence-electron chi connectivity index (χ4n) is 2.42. The van der Waals surface area contributed by atoms with Gasteiger partial charge in [-0.05, 0) is 42.8 Å². The molecule has 2 nitrogen and oxygen atoms in total. The third kappa shape index (κ3) is 3.79. The van der Waals surface area contributed by atoms with E-state index in [1.165, 1.54) is 0 Å². The predicted molar refractivity (Wildman–Crippen MR) is 99.9 cm³/mol. The Balaban J connectivity index is 1.96. The van der Waals surface area contributed by atoms with E-state index >= 15 is 0 Å². The maximum Gasteiger partial charge on any atom is 0.262 e. The van der Waals surface area contributed by atoms with Crippen LogP contribution in [0.1, 0.15) is 21.5 Å². The van der Waals surface area contributed by atoms with Crippen molar-refractivity contribution < 1.29 is 4.79 Å². The van der Waals surface area contributed by atoms with Crippen molar-refractivity contribution >= 4 is 17.7 Å². The number of carbonyl (C=O) groups excluding carboxylic acids is 1. The van der Waals surface area contributed by atoms with Crippen LogP contribution in [0.5, 0.6) is 0 Å². The molecule has 1 amide bonds. The van der Waals surface area contributed by atoms with Crippen LogP contribution >= 0.6 is 0 Å². The number of aryl methyl sites for hydroxylation is 1. The lowest BCUT2D eigenvalue weighted by molar-refractivity contribution is 0.0998. The highest BCUT2D eigenvalue weighted by Crippen LogP contribution is 2.19. The van der Waals surface area contributed by atoms with Crippen molar-refractivity contribution in [1.29, 1.82) is 0 Å². The van der Waals surface area contributed by atoms with Crippen LogP contribution in [-0.4, -0.2) is 5.91 Å². The van der Waals surface area contributed by atoms with Gasteiger partial charge in [-0.2, -0.15) is 0 Å². The summed E-state index contributed by atoms with van der Waals surface area (Å²) in [6, 6.07) is 27.2. The van der Waals surface area contributed by atoms with Gasteiger partial charge in [0.05, 0.1) is 0 Å². The lowest BCUT2D eigenvalue weighted by atomic mass is 10.1. The van der Waals surface area contributed by atoms with E-state index in [0.717, 1.165) is 16.8 Å². The minimum Gasteiger partial charge on any atom is -0.284 e. The summed E-state index contributed by atoms with van der Waals surface area (Å²) in [7, 11) is 0. The molecule has 0 heterocycles. The van der Waals surface area contributed by atoms with Crippen molar-refractivity contribution in [2.45, 2.75) is 6.92 Å². The Bertz CT molecular complexity index is 821. The molecule has 118 valence electrons. The SMILES string of the molecule is Cc1ccc(N(C=Cc2ccccc2)C(=O)c2ccccc2)cc1. The number of carbonyl (C=O) groups is 1. The molecule has 0 fully saturated rings. The quantitative estimate of drug-likeness (QED) is 0.639. The minimum atomic E-state index is -0.0494. The Morgan fingerprint density at radius 3 is 2.00 bits per heavy atom. The average molecular weight is 313 g/mol. The summed E-state index contributed by atoms with van der Waals surface area (Å²) >= 11 is 0. The molecule has 2 heteroatoms. The van der Waals surface area contributed by atoms with Gasteiger partial charge in [-0.25, -0.2) is 0 Å². The lowest BCUT2D eigenvalue weighted by Gasteiger charge is -2.19. The summed E-state index contributed by atoms with van der Waals surface area (Å²) in [5.74, 6) is -0.0494. The van der Waals surface area contributed by atoms with Crippen molar-refractivity contribution in [2.24, 2.45) is 0 Å². The number of hydrogen-bond acceptors (Lipinski definition) is 1. The summed E-state index contributed by atoms with van der Waals surface area (Å²) in [6.45, 7) is 2.03. The van der Waals surface area contributed by atoms with E-state index in [4.69, 9.17) is 0 Å². The second kappa shape index (κ2) is 7.42. The fourth-order valence-corrected chi connectivity index (χ4v) is 2.42. The molecule has 0 aliphatic rings. The van der Waals surface area contributed by atoms with Crippen LogP contribution < -0.4 is 4.90 Å². The van der Waals surface area contributed by atoms with Gasteiger partial charge in [-0.1, -0.05) is 66.2 Å². The van der Waals surface area contributed by atoms with Gasteiger partial charge in [0.1, 0.15) is 0 Å². The summed E-state index contributed by atoms with van der Waals surface area (Å²) < 4.78 is 0. The average Bonchev–Trinajstić information content (AvgIpc) is 2.65. The highest BCUT2D eigenvalue weighted by Gasteiger charge is 2.15. The molecule has 0 saturated carbocycles. The Morgan fingerprint density at radius 2 is 1.38 bits per heavy atom. The molecule has 0 aliphatic carbocycles. The zero-order chi connectivity index (χ0) is 16.8. The van der Waals surface area contributed by atoms with Gasteiger partial charge in [0.2, 0.25) is 0 Å². The zero-order valence-electron chi connectivity index (χ0n) is 13.6. The first kappa shape index (κ1) is 15.8. The molecule has 3 aromatic rings.